The van der Waals surface area contributed by atoms with E-state index < -0.39 is 0 Å². The van der Waals surface area contributed by atoms with Gasteiger partial charge in [-0.25, -0.2) is 9.97 Å². The first kappa shape index (κ1) is 14.9. The zero-order valence-electron chi connectivity index (χ0n) is 12.6. The zero-order valence-corrected chi connectivity index (χ0v) is 14.2. The number of rotatable bonds is 4. The van der Waals surface area contributed by atoms with Gasteiger partial charge in [0.25, 0.3) is 5.91 Å². The number of nitrogens with zero attached hydrogens (tertiary/aromatic N) is 3. The van der Waals surface area contributed by atoms with Gasteiger partial charge in [0, 0.05) is 28.7 Å². The topological polar surface area (TPSA) is 68.5 Å². The fraction of sp³-hybridized carbons (Fsp3) is 0.0625. The molecular weight excluding hydrogens is 344 g/mol. The van der Waals surface area contributed by atoms with Gasteiger partial charge in [-0.05, 0) is 24.3 Å². The van der Waals surface area contributed by atoms with E-state index in [9.17, 15) is 4.79 Å². The van der Waals surface area contributed by atoms with E-state index in [-0.39, 0.29) is 5.91 Å². The number of methoxy groups -OCH3 is 1. The lowest BCUT2D eigenvalue weighted by molar-refractivity contribution is 0.102. The number of carbonyl (C=O) groups is 1. The molecular formula is C16H12N4O2S2. The highest BCUT2D eigenvalue weighted by molar-refractivity contribution is 7.15. The molecule has 1 aromatic carbocycles. The van der Waals surface area contributed by atoms with E-state index >= 15 is 0 Å². The van der Waals surface area contributed by atoms with Crippen LogP contribution >= 0.6 is 22.7 Å². The second-order valence-corrected chi connectivity index (χ2v) is 6.65. The minimum absolute atomic E-state index is 0.199. The molecule has 0 unspecified atom stereocenters. The smallest absolute Gasteiger partial charge is 0.275 e. The molecule has 8 heteroatoms. The molecule has 3 aromatic heterocycles. The quantitative estimate of drug-likeness (QED) is 0.604. The Balaban J connectivity index is 1.66. The molecule has 0 fully saturated rings. The molecule has 1 amide bonds. The Bertz CT molecular complexity index is 987. The molecule has 0 aliphatic heterocycles. The molecule has 0 spiro atoms. The third-order valence-corrected chi connectivity index (χ3v) is 5.01. The number of hydrogen-bond acceptors (Lipinski definition) is 6. The van der Waals surface area contributed by atoms with E-state index in [0.29, 0.717) is 10.8 Å². The number of anilines is 1. The van der Waals surface area contributed by atoms with Crippen LogP contribution in [0.15, 0.2) is 47.4 Å². The van der Waals surface area contributed by atoms with Gasteiger partial charge in [-0.2, -0.15) is 0 Å². The number of thiazole rings is 2. The van der Waals surface area contributed by atoms with Gasteiger partial charge in [0.1, 0.15) is 11.4 Å². The van der Waals surface area contributed by atoms with Crippen molar-refractivity contribution in [3.8, 4) is 17.0 Å². The number of benzene rings is 1. The molecule has 0 aliphatic carbocycles. The highest BCUT2D eigenvalue weighted by Gasteiger charge is 2.16. The van der Waals surface area contributed by atoms with Crippen LogP contribution in [0.3, 0.4) is 0 Å². The number of ether oxygens (including phenoxy) is 1. The van der Waals surface area contributed by atoms with Gasteiger partial charge in [0.15, 0.2) is 10.1 Å². The number of nitrogens with one attached hydrogen (secondary N) is 1. The lowest BCUT2D eigenvalue weighted by Gasteiger charge is -2.01. The van der Waals surface area contributed by atoms with E-state index in [0.717, 1.165) is 22.0 Å². The van der Waals surface area contributed by atoms with E-state index in [1.54, 1.807) is 23.1 Å². The summed E-state index contributed by atoms with van der Waals surface area (Å²) in [5, 5.41) is 6.98. The van der Waals surface area contributed by atoms with Gasteiger partial charge in [0.05, 0.1) is 12.8 Å². The molecule has 4 rings (SSSR count). The number of hydrogen-bond donors (Lipinski definition) is 1. The van der Waals surface area contributed by atoms with Crippen molar-refractivity contribution in [1.29, 1.82) is 0 Å². The number of aromatic nitrogens is 3. The summed E-state index contributed by atoms with van der Waals surface area (Å²) in [5.41, 5.74) is 2.32. The highest BCUT2D eigenvalue weighted by Crippen LogP contribution is 2.25. The summed E-state index contributed by atoms with van der Waals surface area (Å²) in [6.07, 6.45) is 3.52. The summed E-state index contributed by atoms with van der Waals surface area (Å²) in [4.78, 5) is 21.8. The Morgan fingerprint density at radius 1 is 1.25 bits per heavy atom. The van der Waals surface area contributed by atoms with Crippen molar-refractivity contribution in [3.63, 3.8) is 0 Å². The van der Waals surface area contributed by atoms with Crippen LogP contribution in [-0.4, -0.2) is 27.4 Å². The maximum atomic E-state index is 12.4. The van der Waals surface area contributed by atoms with E-state index in [2.05, 4.69) is 15.3 Å². The van der Waals surface area contributed by atoms with Crippen molar-refractivity contribution in [1.82, 2.24) is 14.4 Å². The van der Waals surface area contributed by atoms with Crippen molar-refractivity contribution in [3.05, 3.63) is 53.1 Å². The Kier molecular flexibility index (Phi) is 3.75. The van der Waals surface area contributed by atoms with Crippen LogP contribution in [0.25, 0.3) is 16.2 Å². The second kappa shape index (κ2) is 6.06. The van der Waals surface area contributed by atoms with Gasteiger partial charge in [-0.1, -0.05) is 0 Å². The van der Waals surface area contributed by atoms with E-state index in [1.807, 2.05) is 35.8 Å². The molecule has 24 heavy (non-hydrogen) atoms. The third kappa shape index (κ3) is 2.66. The predicted molar refractivity (Wildman–Crippen MR) is 95.1 cm³/mol. The van der Waals surface area contributed by atoms with Crippen LogP contribution in [0.4, 0.5) is 5.13 Å². The highest BCUT2D eigenvalue weighted by atomic mass is 32.1. The summed E-state index contributed by atoms with van der Waals surface area (Å²) in [5.74, 6) is 0.596. The Morgan fingerprint density at radius 3 is 2.79 bits per heavy atom. The maximum Gasteiger partial charge on any atom is 0.275 e. The number of imidazole rings is 1. The lowest BCUT2D eigenvalue weighted by atomic mass is 10.2. The Hall–Kier alpha value is -2.71. The minimum Gasteiger partial charge on any atom is -0.497 e. The first-order valence-corrected chi connectivity index (χ1v) is 8.82. The van der Waals surface area contributed by atoms with Crippen molar-refractivity contribution in [2.45, 2.75) is 0 Å². The number of fused-ring (bicyclic) bond motifs is 1. The van der Waals surface area contributed by atoms with Crippen LogP contribution in [0.5, 0.6) is 5.75 Å². The molecule has 0 atom stereocenters. The fourth-order valence-corrected chi connectivity index (χ4v) is 3.67. The van der Waals surface area contributed by atoms with Crippen molar-refractivity contribution < 1.29 is 9.53 Å². The average molecular weight is 356 g/mol. The molecule has 0 saturated carbocycles. The van der Waals surface area contributed by atoms with Gasteiger partial charge < -0.3 is 4.74 Å². The summed E-state index contributed by atoms with van der Waals surface area (Å²) >= 11 is 2.81. The van der Waals surface area contributed by atoms with E-state index in [1.165, 1.54) is 22.7 Å². The molecule has 0 aliphatic rings. The normalized spacial score (nSPS) is 10.9. The van der Waals surface area contributed by atoms with Gasteiger partial charge in [-0.15, -0.1) is 22.7 Å². The van der Waals surface area contributed by atoms with Crippen LogP contribution < -0.4 is 10.1 Å². The average Bonchev–Trinajstić information content (AvgIpc) is 3.31. The van der Waals surface area contributed by atoms with E-state index in [4.69, 9.17) is 4.74 Å². The molecule has 0 bridgehead atoms. The molecule has 1 N–H and O–H groups in total. The molecule has 6 nitrogen and oxygen atoms in total. The Labute approximate surface area is 145 Å². The van der Waals surface area contributed by atoms with Gasteiger partial charge >= 0.3 is 0 Å². The van der Waals surface area contributed by atoms with Crippen LogP contribution in [0.2, 0.25) is 0 Å². The Morgan fingerprint density at radius 2 is 2.08 bits per heavy atom. The maximum absolute atomic E-state index is 12.4. The van der Waals surface area contributed by atoms with Gasteiger partial charge in [0.2, 0.25) is 0 Å². The molecule has 0 radical (unpaired) electrons. The first-order valence-electron chi connectivity index (χ1n) is 7.06. The van der Waals surface area contributed by atoms with Crippen molar-refractivity contribution in [2.24, 2.45) is 0 Å². The summed E-state index contributed by atoms with van der Waals surface area (Å²) < 4.78 is 6.97. The SMILES string of the molecule is COc1ccc(-c2cn3c(C(=O)Nc4nccs4)csc3n2)cc1. The van der Waals surface area contributed by atoms with Crippen LogP contribution in [0.1, 0.15) is 10.5 Å². The second-order valence-electron chi connectivity index (χ2n) is 4.92. The largest absolute Gasteiger partial charge is 0.497 e. The molecule has 4 aromatic rings. The van der Waals surface area contributed by atoms with Crippen LogP contribution in [-0.2, 0) is 0 Å². The minimum atomic E-state index is -0.199. The summed E-state index contributed by atoms with van der Waals surface area (Å²) in [6.45, 7) is 0. The lowest BCUT2D eigenvalue weighted by Crippen LogP contribution is -2.13. The van der Waals surface area contributed by atoms with Crippen LogP contribution in [0, 0.1) is 0 Å². The monoisotopic (exact) mass is 356 g/mol. The third-order valence-electron chi connectivity index (χ3n) is 3.48. The molecule has 120 valence electrons. The molecule has 0 saturated heterocycles. The summed E-state index contributed by atoms with van der Waals surface area (Å²) in [6, 6.07) is 7.67. The number of carbonyl (C=O) groups excluding carboxylic acids is 1. The number of amides is 1. The van der Waals surface area contributed by atoms with Crippen molar-refractivity contribution >= 4 is 38.7 Å². The summed E-state index contributed by atoms with van der Waals surface area (Å²) in [7, 11) is 1.63. The zero-order chi connectivity index (χ0) is 16.5. The van der Waals surface area contributed by atoms with Crippen molar-refractivity contribution in [2.75, 3.05) is 12.4 Å². The first-order chi connectivity index (χ1) is 11.7. The van der Waals surface area contributed by atoms with Gasteiger partial charge in [-0.3, -0.25) is 14.5 Å². The fourth-order valence-electron chi connectivity index (χ4n) is 2.29. The predicted octanol–water partition coefficient (Wildman–Crippen LogP) is 3.78. The standard InChI is InChI=1S/C16H12N4O2S2/c1-22-11-4-2-10(3-5-11)12-8-20-13(9-24-16(20)18-12)14(21)19-15-17-6-7-23-15/h2-9H,1H3,(H,17,19,21). The molecule has 3 heterocycles.